The number of halogens is 2. The number of hydrogen-bond donors (Lipinski definition) is 3. The predicted molar refractivity (Wildman–Crippen MR) is 97.0 cm³/mol. The number of benzene rings is 1. The van der Waals surface area contributed by atoms with Crippen molar-refractivity contribution in [2.24, 2.45) is 16.1 Å². The van der Waals surface area contributed by atoms with Gasteiger partial charge in [-0.15, -0.1) is 0 Å². The molecule has 1 amide bonds. The monoisotopic (exact) mass is 358 g/mol. The second-order valence-corrected chi connectivity index (χ2v) is 6.82. The molecule has 0 aliphatic rings. The Morgan fingerprint density at radius 1 is 1.39 bits per heavy atom. The van der Waals surface area contributed by atoms with Gasteiger partial charge in [0.2, 0.25) is 5.91 Å². The van der Waals surface area contributed by atoms with E-state index >= 15 is 0 Å². The van der Waals surface area contributed by atoms with Gasteiger partial charge in [-0.25, -0.2) is 0 Å². The van der Waals surface area contributed by atoms with Gasteiger partial charge in [-0.1, -0.05) is 29.3 Å². The fraction of sp³-hybridized carbons (Fsp3) is 0.500. The molecule has 0 aromatic heterocycles. The highest BCUT2D eigenvalue weighted by atomic mass is 35.5. The molecule has 0 aliphatic carbocycles. The number of amides is 1. The van der Waals surface area contributed by atoms with Gasteiger partial charge in [0, 0.05) is 16.6 Å². The van der Waals surface area contributed by atoms with Gasteiger partial charge in [0.25, 0.3) is 0 Å². The first-order chi connectivity index (χ1) is 10.7. The smallest absolute Gasteiger partial charge is 0.224 e. The summed E-state index contributed by atoms with van der Waals surface area (Å²) >= 11 is 12.2. The number of carbonyl (C=O) groups excluding carboxylic acids is 1. The van der Waals surface area contributed by atoms with E-state index in [-0.39, 0.29) is 11.9 Å². The van der Waals surface area contributed by atoms with Crippen LogP contribution in [0, 0.1) is 5.41 Å². The maximum Gasteiger partial charge on any atom is 0.224 e. The third kappa shape index (κ3) is 5.92. The van der Waals surface area contributed by atoms with Crippen LogP contribution in [0.4, 0.5) is 0 Å². The Hall–Kier alpha value is -1.46. The van der Waals surface area contributed by atoms with E-state index in [4.69, 9.17) is 28.9 Å². The molecule has 1 aromatic rings. The normalized spacial score (nSPS) is 13.6. The molecule has 4 N–H and O–H groups in total. The standard InChI is InChI=1S/C16H24Cl2N4O/c1-5-20-15(21-9-16(3,4)14(19)23)22-10(2)12-7-6-11(17)8-13(12)18/h6-8,10H,5,9H2,1-4H3,(H2,19,23)(H2,20,21,22). The van der Waals surface area contributed by atoms with Crippen LogP contribution in [0.2, 0.25) is 10.0 Å². The van der Waals surface area contributed by atoms with E-state index < -0.39 is 5.41 Å². The molecule has 0 fully saturated rings. The Bertz CT molecular complexity index is 587. The molecule has 1 atom stereocenters. The van der Waals surface area contributed by atoms with Crippen LogP contribution in [0.25, 0.3) is 0 Å². The van der Waals surface area contributed by atoms with Crippen molar-refractivity contribution in [2.45, 2.75) is 33.7 Å². The van der Waals surface area contributed by atoms with Crippen molar-refractivity contribution >= 4 is 35.1 Å². The molecule has 0 heterocycles. The number of hydrogen-bond acceptors (Lipinski definition) is 2. The summed E-state index contributed by atoms with van der Waals surface area (Å²) in [6.45, 7) is 8.46. The average Bonchev–Trinajstić information content (AvgIpc) is 2.44. The molecule has 23 heavy (non-hydrogen) atoms. The zero-order valence-electron chi connectivity index (χ0n) is 13.9. The van der Waals surface area contributed by atoms with E-state index in [1.807, 2.05) is 19.9 Å². The SMILES string of the molecule is CCNC(=NCC(C)(C)C(N)=O)NC(C)c1ccc(Cl)cc1Cl. The molecule has 0 spiro atoms. The first-order valence-corrected chi connectivity index (χ1v) is 8.22. The number of aliphatic imine (C=N–C) groups is 1. The van der Waals surface area contributed by atoms with Gasteiger partial charge in [0.05, 0.1) is 18.0 Å². The number of rotatable bonds is 6. The number of carbonyl (C=O) groups is 1. The van der Waals surface area contributed by atoms with Crippen LogP contribution in [0.1, 0.15) is 39.3 Å². The highest BCUT2D eigenvalue weighted by molar-refractivity contribution is 6.35. The molecule has 0 aliphatic heterocycles. The van der Waals surface area contributed by atoms with Crippen LogP contribution in [-0.4, -0.2) is 25.0 Å². The van der Waals surface area contributed by atoms with Crippen LogP contribution in [0.15, 0.2) is 23.2 Å². The van der Waals surface area contributed by atoms with Crippen molar-refractivity contribution in [3.05, 3.63) is 33.8 Å². The van der Waals surface area contributed by atoms with E-state index in [0.29, 0.717) is 29.1 Å². The molecular weight excluding hydrogens is 335 g/mol. The van der Waals surface area contributed by atoms with Gasteiger partial charge >= 0.3 is 0 Å². The number of guanidine groups is 1. The minimum absolute atomic E-state index is 0.0748. The average molecular weight is 359 g/mol. The van der Waals surface area contributed by atoms with Crippen molar-refractivity contribution in [3.8, 4) is 0 Å². The Kier molecular flexibility index (Phi) is 7.16. The van der Waals surface area contributed by atoms with Crippen LogP contribution < -0.4 is 16.4 Å². The van der Waals surface area contributed by atoms with Gasteiger partial charge in [0.15, 0.2) is 5.96 Å². The van der Waals surface area contributed by atoms with E-state index in [1.54, 1.807) is 26.0 Å². The second-order valence-electron chi connectivity index (χ2n) is 5.98. The topological polar surface area (TPSA) is 79.5 Å². The largest absolute Gasteiger partial charge is 0.369 e. The van der Waals surface area contributed by atoms with Crippen molar-refractivity contribution in [1.29, 1.82) is 0 Å². The van der Waals surface area contributed by atoms with Gasteiger partial charge in [-0.2, -0.15) is 0 Å². The van der Waals surface area contributed by atoms with Crippen molar-refractivity contribution in [1.82, 2.24) is 10.6 Å². The van der Waals surface area contributed by atoms with E-state index in [9.17, 15) is 4.79 Å². The first-order valence-electron chi connectivity index (χ1n) is 7.47. The third-order valence-electron chi connectivity index (χ3n) is 3.43. The first kappa shape index (κ1) is 19.6. The lowest BCUT2D eigenvalue weighted by atomic mass is 9.93. The van der Waals surface area contributed by atoms with Crippen LogP contribution in [-0.2, 0) is 4.79 Å². The number of nitrogens with one attached hydrogen (secondary N) is 2. The molecule has 1 aromatic carbocycles. The lowest BCUT2D eigenvalue weighted by molar-refractivity contribution is -0.125. The molecule has 1 unspecified atom stereocenters. The molecule has 0 bridgehead atoms. The maximum absolute atomic E-state index is 11.4. The molecule has 1 rings (SSSR count). The molecule has 0 saturated heterocycles. The van der Waals surface area contributed by atoms with Crippen molar-refractivity contribution < 1.29 is 4.79 Å². The van der Waals surface area contributed by atoms with Gasteiger partial charge < -0.3 is 16.4 Å². The van der Waals surface area contributed by atoms with E-state index in [1.165, 1.54) is 0 Å². The fourth-order valence-electron chi connectivity index (χ4n) is 1.81. The highest BCUT2D eigenvalue weighted by Gasteiger charge is 2.24. The number of nitrogens with two attached hydrogens (primary N) is 1. The zero-order chi connectivity index (χ0) is 17.6. The van der Waals surface area contributed by atoms with Gasteiger partial charge in [-0.3, -0.25) is 9.79 Å². The van der Waals surface area contributed by atoms with Crippen molar-refractivity contribution in [3.63, 3.8) is 0 Å². The van der Waals surface area contributed by atoms with Gasteiger partial charge in [-0.05, 0) is 45.4 Å². The van der Waals surface area contributed by atoms with Gasteiger partial charge in [0.1, 0.15) is 0 Å². The molecule has 7 heteroatoms. The maximum atomic E-state index is 11.4. The Labute approximate surface area is 147 Å². The highest BCUT2D eigenvalue weighted by Crippen LogP contribution is 2.26. The lowest BCUT2D eigenvalue weighted by Gasteiger charge is -2.22. The summed E-state index contributed by atoms with van der Waals surface area (Å²) in [4.78, 5) is 15.8. The summed E-state index contributed by atoms with van der Waals surface area (Å²) < 4.78 is 0. The number of nitrogens with zero attached hydrogens (tertiary/aromatic N) is 1. The summed E-state index contributed by atoms with van der Waals surface area (Å²) in [5.74, 6) is 0.214. The Morgan fingerprint density at radius 3 is 2.57 bits per heavy atom. The molecule has 0 saturated carbocycles. The van der Waals surface area contributed by atoms with Crippen LogP contribution in [0.3, 0.4) is 0 Å². The van der Waals surface area contributed by atoms with E-state index in [0.717, 1.165) is 5.56 Å². The van der Waals surface area contributed by atoms with Crippen LogP contribution >= 0.6 is 23.2 Å². The summed E-state index contributed by atoms with van der Waals surface area (Å²) in [6.07, 6.45) is 0. The van der Waals surface area contributed by atoms with Crippen molar-refractivity contribution in [2.75, 3.05) is 13.1 Å². The molecule has 5 nitrogen and oxygen atoms in total. The Balaban J connectivity index is 2.88. The zero-order valence-corrected chi connectivity index (χ0v) is 15.4. The summed E-state index contributed by atoms with van der Waals surface area (Å²) in [7, 11) is 0. The summed E-state index contributed by atoms with van der Waals surface area (Å²) in [6, 6.07) is 5.30. The second kappa shape index (κ2) is 8.41. The third-order valence-corrected chi connectivity index (χ3v) is 3.99. The molecule has 0 radical (unpaired) electrons. The summed E-state index contributed by atoms with van der Waals surface area (Å²) in [5, 5.41) is 7.59. The quantitative estimate of drug-likeness (QED) is 0.539. The van der Waals surface area contributed by atoms with Crippen LogP contribution in [0.5, 0.6) is 0 Å². The Morgan fingerprint density at radius 2 is 2.04 bits per heavy atom. The fourth-order valence-corrected chi connectivity index (χ4v) is 2.38. The predicted octanol–water partition coefficient (Wildman–Crippen LogP) is 3.12. The minimum Gasteiger partial charge on any atom is -0.369 e. The molecule has 128 valence electrons. The lowest BCUT2D eigenvalue weighted by Crippen LogP contribution is -2.41. The minimum atomic E-state index is -0.705. The molecular formula is C16H24Cl2N4O. The van der Waals surface area contributed by atoms with E-state index in [2.05, 4.69) is 15.6 Å². The summed E-state index contributed by atoms with van der Waals surface area (Å²) in [5.41, 5.74) is 5.59. The number of primary amides is 1.